The number of esters is 1. The zero-order valence-electron chi connectivity index (χ0n) is 15.9. The Hall–Kier alpha value is -2.30. The number of cyclic esters (lactones) is 1. The molecule has 0 aromatic heterocycles. The van der Waals surface area contributed by atoms with Crippen LogP contribution in [-0.4, -0.2) is 26.1 Å². The summed E-state index contributed by atoms with van der Waals surface area (Å²) in [4.78, 5) is 17.2. The van der Waals surface area contributed by atoms with Crippen LogP contribution in [0.15, 0.2) is 28.9 Å². The summed E-state index contributed by atoms with van der Waals surface area (Å²) >= 11 is 0. The van der Waals surface area contributed by atoms with Crippen molar-refractivity contribution in [3.63, 3.8) is 0 Å². The highest BCUT2D eigenvalue weighted by Gasteiger charge is 2.55. The van der Waals surface area contributed by atoms with E-state index in [0.29, 0.717) is 23.1 Å². The van der Waals surface area contributed by atoms with Crippen LogP contribution in [0, 0.1) is 23.2 Å². The molecule has 0 spiro atoms. The monoisotopic (exact) mass is 367 g/mol. The predicted molar refractivity (Wildman–Crippen MR) is 102 cm³/mol. The molecule has 1 aromatic rings. The Balaban J connectivity index is 1.48. The van der Waals surface area contributed by atoms with Gasteiger partial charge in [-0.2, -0.15) is 0 Å². The summed E-state index contributed by atoms with van der Waals surface area (Å²) in [5, 5.41) is 0. The lowest BCUT2D eigenvalue weighted by molar-refractivity contribution is -0.131. The van der Waals surface area contributed by atoms with Gasteiger partial charge >= 0.3 is 5.97 Å². The molecular formula is C22H25NO4. The molecule has 0 saturated heterocycles. The van der Waals surface area contributed by atoms with Crippen molar-refractivity contribution in [2.24, 2.45) is 28.2 Å². The van der Waals surface area contributed by atoms with Gasteiger partial charge in [-0.3, -0.25) is 0 Å². The van der Waals surface area contributed by atoms with Crippen LogP contribution in [0.1, 0.15) is 44.1 Å². The molecule has 0 amide bonds. The highest BCUT2D eigenvalue weighted by molar-refractivity contribution is 6.09. The van der Waals surface area contributed by atoms with Crippen molar-refractivity contribution < 1.29 is 19.0 Å². The standard InChI is InChI=1S/C22H25NO4/c1-25-17-4-3-16(19(9-17)26-2)8-18-20(24)27-21(23-18)22-10-13-5-14(11-22)7-15(6-13)12-22/h3-4,8-9,13-15H,5-7,10-12H2,1-2H3. The number of benzene rings is 1. The smallest absolute Gasteiger partial charge is 0.363 e. The first kappa shape index (κ1) is 16.8. The molecule has 27 heavy (non-hydrogen) atoms. The first-order valence-electron chi connectivity index (χ1n) is 9.83. The second-order valence-electron chi connectivity index (χ2n) is 8.64. The van der Waals surface area contributed by atoms with E-state index in [-0.39, 0.29) is 11.4 Å². The van der Waals surface area contributed by atoms with Crippen molar-refractivity contribution in [1.29, 1.82) is 0 Å². The van der Waals surface area contributed by atoms with Crippen molar-refractivity contribution in [1.82, 2.24) is 0 Å². The normalized spacial score (nSPS) is 35.3. The van der Waals surface area contributed by atoms with Gasteiger partial charge in [0.1, 0.15) is 11.5 Å². The van der Waals surface area contributed by atoms with Gasteiger partial charge in [-0.05, 0) is 74.5 Å². The lowest BCUT2D eigenvalue weighted by atomic mass is 9.49. The Kier molecular flexibility index (Phi) is 3.81. The van der Waals surface area contributed by atoms with Crippen LogP contribution < -0.4 is 9.47 Å². The van der Waals surface area contributed by atoms with Crippen LogP contribution in [0.25, 0.3) is 6.08 Å². The van der Waals surface area contributed by atoms with Crippen LogP contribution in [0.2, 0.25) is 0 Å². The van der Waals surface area contributed by atoms with E-state index >= 15 is 0 Å². The molecule has 0 unspecified atom stereocenters. The number of carbonyl (C=O) groups excluding carboxylic acids is 1. The summed E-state index contributed by atoms with van der Waals surface area (Å²) in [6.45, 7) is 0. The SMILES string of the molecule is COc1ccc(C=C2N=C(C34CC5CC(CC(C5)C3)C4)OC2=O)c(OC)c1. The van der Waals surface area contributed by atoms with Gasteiger partial charge < -0.3 is 14.2 Å². The van der Waals surface area contributed by atoms with E-state index < -0.39 is 0 Å². The molecule has 4 bridgehead atoms. The molecule has 4 saturated carbocycles. The fourth-order valence-corrected chi connectivity index (χ4v) is 6.09. The third kappa shape index (κ3) is 2.75. The molecule has 5 nitrogen and oxygen atoms in total. The maximum atomic E-state index is 12.5. The Morgan fingerprint density at radius 3 is 2.33 bits per heavy atom. The van der Waals surface area contributed by atoms with Gasteiger partial charge in [0.25, 0.3) is 0 Å². The van der Waals surface area contributed by atoms with Crippen molar-refractivity contribution in [2.75, 3.05) is 14.2 Å². The van der Waals surface area contributed by atoms with E-state index in [9.17, 15) is 4.79 Å². The van der Waals surface area contributed by atoms with Crippen molar-refractivity contribution in [3.8, 4) is 11.5 Å². The van der Waals surface area contributed by atoms with Crippen LogP contribution in [0.3, 0.4) is 0 Å². The second-order valence-corrected chi connectivity index (χ2v) is 8.64. The molecule has 1 aromatic carbocycles. The van der Waals surface area contributed by atoms with Gasteiger partial charge in [0.15, 0.2) is 5.70 Å². The minimum Gasteiger partial charge on any atom is -0.497 e. The first-order chi connectivity index (χ1) is 13.1. The molecule has 4 aliphatic carbocycles. The molecular weight excluding hydrogens is 342 g/mol. The maximum Gasteiger partial charge on any atom is 0.363 e. The van der Waals surface area contributed by atoms with E-state index in [1.165, 1.54) is 19.3 Å². The largest absolute Gasteiger partial charge is 0.497 e. The summed E-state index contributed by atoms with van der Waals surface area (Å²) in [6, 6.07) is 5.52. The third-order valence-corrected chi connectivity index (χ3v) is 6.85. The summed E-state index contributed by atoms with van der Waals surface area (Å²) < 4.78 is 16.4. The van der Waals surface area contributed by atoms with Crippen molar-refractivity contribution >= 4 is 17.9 Å². The Bertz CT molecular complexity index is 819. The second kappa shape index (κ2) is 6.11. The molecule has 1 aliphatic heterocycles. The van der Waals surface area contributed by atoms with Crippen molar-refractivity contribution in [3.05, 3.63) is 29.5 Å². The number of hydrogen-bond acceptors (Lipinski definition) is 5. The number of aliphatic imine (C=N–C) groups is 1. The summed E-state index contributed by atoms with van der Waals surface area (Å²) in [5.41, 5.74) is 1.15. The Morgan fingerprint density at radius 2 is 1.74 bits per heavy atom. The lowest BCUT2D eigenvalue weighted by Crippen LogP contribution is -2.50. The summed E-state index contributed by atoms with van der Waals surface area (Å²) in [5.74, 6) is 4.03. The van der Waals surface area contributed by atoms with Crippen LogP contribution in [0.4, 0.5) is 0 Å². The fourth-order valence-electron chi connectivity index (χ4n) is 6.09. The molecule has 0 atom stereocenters. The zero-order chi connectivity index (χ0) is 18.6. The topological polar surface area (TPSA) is 57.1 Å². The van der Waals surface area contributed by atoms with Crippen LogP contribution in [-0.2, 0) is 9.53 Å². The van der Waals surface area contributed by atoms with E-state index in [4.69, 9.17) is 19.2 Å². The number of carbonyl (C=O) groups is 1. The highest BCUT2D eigenvalue weighted by Crippen LogP contribution is 2.61. The quantitative estimate of drug-likeness (QED) is 0.591. The average molecular weight is 367 g/mol. The Morgan fingerprint density at radius 1 is 1.07 bits per heavy atom. The minimum atomic E-state index is -0.349. The van der Waals surface area contributed by atoms with Gasteiger partial charge in [-0.15, -0.1) is 0 Å². The molecule has 5 heteroatoms. The lowest BCUT2D eigenvalue weighted by Gasteiger charge is -2.55. The van der Waals surface area contributed by atoms with E-state index in [2.05, 4.69) is 0 Å². The first-order valence-corrected chi connectivity index (χ1v) is 9.83. The van der Waals surface area contributed by atoms with Crippen LogP contribution in [0.5, 0.6) is 11.5 Å². The van der Waals surface area contributed by atoms with Gasteiger partial charge in [-0.25, -0.2) is 9.79 Å². The fraction of sp³-hybridized carbons (Fsp3) is 0.545. The number of ether oxygens (including phenoxy) is 3. The number of hydrogen-bond donors (Lipinski definition) is 0. The average Bonchev–Trinajstić information content (AvgIpc) is 3.02. The van der Waals surface area contributed by atoms with Gasteiger partial charge in [0, 0.05) is 17.0 Å². The van der Waals surface area contributed by atoms with Crippen LogP contribution >= 0.6 is 0 Å². The summed E-state index contributed by atoms with van der Waals surface area (Å²) in [6.07, 6.45) is 9.21. The minimum absolute atomic E-state index is 0.00993. The number of nitrogens with zero attached hydrogens (tertiary/aromatic N) is 1. The van der Waals surface area contributed by atoms with Gasteiger partial charge in [-0.1, -0.05) is 0 Å². The van der Waals surface area contributed by atoms with Gasteiger partial charge in [0.05, 0.1) is 14.2 Å². The third-order valence-electron chi connectivity index (χ3n) is 6.85. The van der Waals surface area contributed by atoms with Gasteiger partial charge in [0.2, 0.25) is 5.90 Å². The van der Waals surface area contributed by atoms with Crippen molar-refractivity contribution in [2.45, 2.75) is 38.5 Å². The molecule has 0 radical (unpaired) electrons. The summed E-state index contributed by atoms with van der Waals surface area (Å²) in [7, 11) is 3.22. The molecule has 4 fully saturated rings. The van der Waals surface area contributed by atoms with E-state index in [1.807, 2.05) is 12.1 Å². The molecule has 5 aliphatic rings. The maximum absolute atomic E-state index is 12.5. The number of rotatable bonds is 4. The van der Waals surface area contributed by atoms with E-state index in [1.54, 1.807) is 26.4 Å². The number of methoxy groups -OCH3 is 2. The zero-order valence-corrected chi connectivity index (χ0v) is 15.9. The molecule has 142 valence electrons. The van der Waals surface area contributed by atoms with E-state index in [0.717, 1.165) is 42.6 Å². The molecule has 0 N–H and O–H groups in total. The molecule has 6 rings (SSSR count). The Labute approximate surface area is 159 Å². The highest BCUT2D eigenvalue weighted by atomic mass is 16.6. The predicted octanol–water partition coefficient (Wildman–Crippen LogP) is 4.22. The molecule has 1 heterocycles.